The highest BCUT2D eigenvalue weighted by Gasteiger charge is 1.77. The van der Waals surface area contributed by atoms with Gasteiger partial charge in [0.1, 0.15) is 0 Å². The van der Waals surface area contributed by atoms with Gasteiger partial charge in [0.15, 0.2) is 0 Å². The lowest BCUT2D eigenvalue weighted by atomic mass is 10.3. The van der Waals surface area contributed by atoms with Crippen LogP contribution in [0.2, 0.25) is 0 Å². The average molecular weight is 111 g/mol. The Kier molecular flexibility index (Phi) is 4.23. The van der Waals surface area contributed by atoms with Gasteiger partial charge in [-0.15, -0.1) is 0 Å². The molecule has 0 radical (unpaired) electrons. The zero-order valence-electron chi connectivity index (χ0n) is 5.81. The van der Waals surface area contributed by atoms with Gasteiger partial charge in [-0.2, -0.15) is 0 Å². The molecule has 1 heteroatoms. The Balaban J connectivity index is 3.57. The summed E-state index contributed by atoms with van der Waals surface area (Å²) in [5.41, 5.74) is 1.18. The van der Waals surface area contributed by atoms with Crippen molar-refractivity contribution in [3.63, 3.8) is 0 Å². The van der Waals surface area contributed by atoms with Crippen LogP contribution in [0.5, 0.6) is 0 Å². The van der Waals surface area contributed by atoms with Crippen LogP contribution in [-0.4, -0.2) is 5.71 Å². The lowest BCUT2D eigenvalue weighted by Gasteiger charge is -1.86. The molecule has 0 aromatic carbocycles. The zero-order valence-corrected chi connectivity index (χ0v) is 5.81. The van der Waals surface area contributed by atoms with Gasteiger partial charge in [0.25, 0.3) is 0 Å². The number of rotatable bonds is 2. The van der Waals surface area contributed by atoms with E-state index in [1.54, 1.807) is 0 Å². The van der Waals surface area contributed by atoms with Crippen molar-refractivity contribution in [3.8, 4) is 0 Å². The predicted octanol–water partition coefficient (Wildman–Crippen LogP) is 2.39. The standard InChI is InChI=1S/C7H13N/c1-4-6-8-7(3)5-2/h4,6H,5H2,1-3H3/b6-4+,8-7?. The molecular weight excluding hydrogens is 98.1 g/mol. The summed E-state index contributed by atoms with van der Waals surface area (Å²) < 4.78 is 0. The fraction of sp³-hybridized carbons (Fsp3) is 0.571. The van der Waals surface area contributed by atoms with Crippen LogP contribution in [0.1, 0.15) is 27.2 Å². The molecule has 0 aliphatic carbocycles. The molecule has 0 aromatic rings. The first-order valence-corrected chi connectivity index (χ1v) is 2.95. The largest absolute Gasteiger partial charge is 0.266 e. The molecule has 0 fully saturated rings. The maximum atomic E-state index is 4.10. The molecule has 0 rings (SSSR count). The van der Waals surface area contributed by atoms with Gasteiger partial charge in [-0.25, -0.2) is 0 Å². The molecular formula is C7H13N. The van der Waals surface area contributed by atoms with Crippen molar-refractivity contribution in [3.05, 3.63) is 12.3 Å². The van der Waals surface area contributed by atoms with Crippen molar-refractivity contribution in [1.82, 2.24) is 0 Å². The maximum absolute atomic E-state index is 4.10. The fourth-order valence-corrected chi connectivity index (χ4v) is 0.293. The molecule has 8 heavy (non-hydrogen) atoms. The molecule has 0 aromatic heterocycles. The first kappa shape index (κ1) is 7.41. The van der Waals surface area contributed by atoms with Crippen LogP contribution in [0.25, 0.3) is 0 Å². The smallest absolute Gasteiger partial charge is 0.0224 e. The summed E-state index contributed by atoms with van der Waals surface area (Å²) >= 11 is 0. The highest BCUT2D eigenvalue weighted by Crippen LogP contribution is 1.84. The Hall–Kier alpha value is -0.590. The fourth-order valence-electron chi connectivity index (χ4n) is 0.293. The van der Waals surface area contributed by atoms with E-state index >= 15 is 0 Å². The number of nitrogens with zero attached hydrogens (tertiary/aromatic N) is 1. The first-order chi connectivity index (χ1) is 3.81. The lowest BCUT2D eigenvalue weighted by Crippen LogP contribution is -1.83. The first-order valence-electron chi connectivity index (χ1n) is 2.95. The van der Waals surface area contributed by atoms with Crippen LogP contribution in [-0.2, 0) is 0 Å². The average Bonchev–Trinajstić information content (AvgIpc) is 1.83. The third-order valence-electron chi connectivity index (χ3n) is 0.956. The molecule has 46 valence electrons. The van der Waals surface area contributed by atoms with Gasteiger partial charge in [-0.05, 0) is 20.3 Å². The highest BCUT2D eigenvalue weighted by molar-refractivity contribution is 5.82. The van der Waals surface area contributed by atoms with Gasteiger partial charge in [-0.3, -0.25) is 4.99 Å². The van der Waals surface area contributed by atoms with E-state index < -0.39 is 0 Å². The molecule has 0 amide bonds. The highest BCUT2D eigenvalue weighted by atomic mass is 14.7. The molecule has 0 atom stereocenters. The summed E-state index contributed by atoms with van der Waals surface area (Å²) in [7, 11) is 0. The zero-order chi connectivity index (χ0) is 6.41. The molecule has 0 heterocycles. The van der Waals surface area contributed by atoms with Crippen LogP contribution in [0.3, 0.4) is 0 Å². The van der Waals surface area contributed by atoms with Crippen molar-refractivity contribution >= 4 is 5.71 Å². The van der Waals surface area contributed by atoms with E-state index in [0.717, 1.165) is 6.42 Å². The minimum atomic E-state index is 1.05. The SMILES string of the molecule is C/C=C/N=C(C)CC. The van der Waals surface area contributed by atoms with Gasteiger partial charge in [0, 0.05) is 11.9 Å². The van der Waals surface area contributed by atoms with Crippen LogP contribution in [0, 0.1) is 0 Å². The van der Waals surface area contributed by atoms with Gasteiger partial charge < -0.3 is 0 Å². The topological polar surface area (TPSA) is 12.4 Å². The van der Waals surface area contributed by atoms with E-state index in [2.05, 4.69) is 11.9 Å². The molecule has 0 saturated carbocycles. The number of hydrogen-bond donors (Lipinski definition) is 0. The Bertz CT molecular complexity index is 101. The van der Waals surface area contributed by atoms with Crippen molar-refractivity contribution < 1.29 is 0 Å². The van der Waals surface area contributed by atoms with E-state index in [1.807, 2.05) is 26.1 Å². The third kappa shape index (κ3) is 3.59. The summed E-state index contributed by atoms with van der Waals surface area (Å²) in [6.07, 6.45) is 4.79. The second-order valence-electron chi connectivity index (χ2n) is 1.70. The summed E-state index contributed by atoms with van der Waals surface area (Å²) in [6.45, 7) is 6.09. The van der Waals surface area contributed by atoms with Gasteiger partial charge >= 0.3 is 0 Å². The molecule has 0 N–H and O–H groups in total. The van der Waals surface area contributed by atoms with Crippen molar-refractivity contribution in [2.45, 2.75) is 27.2 Å². The predicted molar refractivity (Wildman–Crippen MR) is 38.2 cm³/mol. The van der Waals surface area contributed by atoms with E-state index in [4.69, 9.17) is 0 Å². The number of aliphatic imine (C=N–C) groups is 1. The summed E-state index contributed by atoms with van der Waals surface area (Å²) in [6, 6.07) is 0. The van der Waals surface area contributed by atoms with Crippen molar-refractivity contribution in [2.24, 2.45) is 4.99 Å². The Morgan fingerprint density at radius 2 is 2.25 bits per heavy atom. The summed E-state index contributed by atoms with van der Waals surface area (Å²) in [4.78, 5) is 4.10. The molecule has 0 aliphatic heterocycles. The van der Waals surface area contributed by atoms with Gasteiger partial charge in [-0.1, -0.05) is 13.0 Å². The Morgan fingerprint density at radius 1 is 1.62 bits per heavy atom. The second kappa shape index (κ2) is 4.57. The lowest BCUT2D eigenvalue weighted by molar-refractivity contribution is 1.25. The van der Waals surface area contributed by atoms with Crippen molar-refractivity contribution in [1.29, 1.82) is 0 Å². The summed E-state index contributed by atoms with van der Waals surface area (Å²) in [5, 5.41) is 0. The quantitative estimate of drug-likeness (QED) is 0.485. The van der Waals surface area contributed by atoms with Gasteiger partial charge in [0.2, 0.25) is 0 Å². The number of hydrogen-bond acceptors (Lipinski definition) is 1. The molecule has 0 spiro atoms. The van der Waals surface area contributed by atoms with Crippen molar-refractivity contribution in [2.75, 3.05) is 0 Å². The molecule has 0 saturated heterocycles. The van der Waals surface area contributed by atoms with E-state index in [1.165, 1.54) is 5.71 Å². The van der Waals surface area contributed by atoms with E-state index in [0.29, 0.717) is 0 Å². The third-order valence-corrected chi connectivity index (χ3v) is 0.956. The van der Waals surface area contributed by atoms with Crippen LogP contribution < -0.4 is 0 Å². The summed E-state index contributed by atoms with van der Waals surface area (Å²) in [5.74, 6) is 0. The van der Waals surface area contributed by atoms with E-state index in [9.17, 15) is 0 Å². The Morgan fingerprint density at radius 3 is 2.62 bits per heavy atom. The molecule has 1 nitrogen and oxygen atoms in total. The minimum absolute atomic E-state index is 1.05. The van der Waals surface area contributed by atoms with Crippen LogP contribution in [0.4, 0.5) is 0 Å². The van der Waals surface area contributed by atoms with Gasteiger partial charge in [0.05, 0.1) is 0 Å². The minimum Gasteiger partial charge on any atom is -0.266 e. The number of allylic oxidation sites excluding steroid dienone is 1. The monoisotopic (exact) mass is 111 g/mol. The van der Waals surface area contributed by atoms with Crippen LogP contribution in [0.15, 0.2) is 17.3 Å². The van der Waals surface area contributed by atoms with E-state index in [-0.39, 0.29) is 0 Å². The maximum Gasteiger partial charge on any atom is 0.0224 e. The Labute approximate surface area is 51.1 Å². The molecule has 0 bridgehead atoms. The normalized spacial score (nSPS) is 13.1. The van der Waals surface area contributed by atoms with Crippen LogP contribution >= 0.6 is 0 Å². The molecule has 0 unspecified atom stereocenters. The molecule has 0 aliphatic rings. The second-order valence-corrected chi connectivity index (χ2v) is 1.70.